The van der Waals surface area contributed by atoms with Crippen molar-refractivity contribution in [3.05, 3.63) is 46.9 Å². The van der Waals surface area contributed by atoms with Crippen LogP contribution >= 0.6 is 0 Å². The number of carbonyl (C=O) groups excluding carboxylic acids is 1. The predicted octanol–water partition coefficient (Wildman–Crippen LogP) is 3.05. The third kappa shape index (κ3) is 5.55. The Morgan fingerprint density at radius 1 is 1.29 bits per heavy atom. The Morgan fingerprint density at radius 3 is 2.64 bits per heavy atom. The summed E-state index contributed by atoms with van der Waals surface area (Å²) in [5.74, 6) is 2.21. The summed E-state index contributed by atoms with van der Waals surface area (Å²) >= 11 is 0. The summed E-state index contributed by atoms with van der Waals surface area (Å²) in [5, 5.41) is 3.07. The molecule has 0 aromatic carbocycles. The number of urea groups is 1. The van der Waals surface area contributed by atoms with Gasteiger partial charge in [-0.3, -0.25) is 9.88 Å². The number of hydrogen-bond acceptors (Lipinski definition) is 5. The Morgan fingerprint density at radius 2 is 2.04 bits per heavy atom. The molecule has 1 N–H and O–H groups in total. The van der Waals surface area contributed by atoms with Crippen molar-refractivity contribution >= 4 is 6.03 Å². The molecule has 7 heteroatoms. The number of nitrogens with zero attached hydrogens (tertiary/aromatic N) is 4. The molecule has 2 amide bonds. The van der Waals surface area contributed by atoms with Crippen LogP contribution < -0.4 is 5.32 Å². The molecule has 152 valence electrons. The van der Waals surface area contributed by atoms with Crippen LogP contribution in [0.5, 0.6) is 0 Å². The minimum absolute atomic E-state index is 0.0458. The van der Waals surface area contributed by atoms with Crippen LogP contribution in [0.3, 0.4) is 0 Å². The smallest absolute Gasteiger partial charge is 0.317 e. The van der Waals surface area contributed by atoms with E-state index < -0.39 is 0 Å². The van der Waals surface area contributed by atoms with E-state index in [1.54, 1.807) is 11.9 Å². The van der Waals surface area contributed by atoms with Crippen LogP contribution in [0.2, 0.25) is 0 Å². The van der Waals surface area contributed by atoms with Crippen molar-refractivity contribution in [2.24, 2.45) is 5.92 Å². The first-order valence-electron chi connectivity index (χ1n) is 9.96. The molecule has 1 aliphatic rings. The van der Waals surface area contributed by atoms with Gasteiger partial charge < -0.3 is 14.6 Å². The number of likely N-dealkylation sites (tertiary alicyclic amines) is 1. The Balaban J connectivity index is 1.37. The highest BCUT2D eigenvalue weighted by Crippen LogP contribution is 2.19. The molecule has 0 spiro atoms. The van der Waals surface area contributed by atoms with Gasteiger partial charge in [-0.25, -0.2) is 9.78 Å². The van der Waals surface area contributed by atoms with Crippen LogP contribution in [-0.2, 0) is 13.1 Å². The van der Waals surface area contributed by atoms with Crippen LogP contribution in [-0.4, -0.2) is 52.5 Å². The summed E-state index contributed by atoms with van der Waals surface area (Å²) in [7, 11) is 1.81. The molecule has 2 aromatic rings. The Hall–Kier alpha value is -2.41. The number of piperidine rings is 1. The van der Waals surface area contributed by atoms with Gasteiger partial charge in [0.1, 0.15) is 5.76 Å². The number of hydrogen-bond donors (Lipinski definition) is 1. The summed E-state index contributed by atoms with van der Waals surface area (Å²) < 4.78 is 5.68. The molecule has 1 saturated heterocycles. The normalized spacial score (nSPS) is 15.6. The fourth-order valence-corrected chi connectivity index (χ4v) is 3.42. The molecule has 1 fully saturated rings. The Kier molecular flexibility index (Phi) is 6.67. The number of amides is 2. The number of carbonyl (C=O) groups is 1. The largest absolute Gasteiger partial charge is 0.444 e. The summed E-state index contributed by atoms with van der Waals surface area (Å²) in [4.78, 5) is 25.2. The van der Waals surface area contributed by atoms with Crippen molar-refractivity contribution in [1.29, 1.82) is 0 Å². The summed E-state index contributed by atoms with van der Waals surface area (Å²) in [6.07, 6.45) is 3.97. The number of rotatable bonds is 6. The van der Waals surface area contributed by atoms with E-state index >= 15 is 0 Å². The van der Waals surface area contributed by atoms with E-state index in [0.29, 0.717) is 12.5 Å². The van der Waals surface area contributed by atoms with Crippen molar-refractivity contribution in [2.75, 3.05) is 26.7 Å². The highest BCUT2D eigenvalue weighted by Gasteiger charge is 2.22. The zero-order valence-corrected chi connectivity index (χ0v) is 17.4. The van der Waals surface area contributed by atoms with Crippen LogP contribution in [0.1, 0.15) is 41.4 Å². The number of aromatic nitrogens is 2. The summed E-state index contributed by atoms with van der Waals surface area (Å²) in [5.41, 5.74) is 2.99. The monoisotopic (exact) mass is 385 g/mol. The maximum atomic E-state index is 12.4. The molecule has 2 aromatic heterocycles. The lowest BCUT2D eigenvalue weighted by Crippen LogP contribution is -2.42. The van der Waals surface area contributed by atoms with Gasteiger partial charge in [0.2, 0.25) is 5.89 Å². The topological polar surface area (TPSA) is 74.5 Å². The Labute approximate surface area is 167 Å². The second-order valence-corrected chi connectivity index (χ2v) is 7.84. The molecule has 7 nitrogen and oxygen atoms in total. The molecular formula is C21H31N5O2. The lowest BCUT2D eigenvalue weighted by molar-refractivity contribution is 0.159. The average Bonchev–Trinajstić information content (AvgIpc) is 2.99. The molecule has 3 heterocycles. The van der Waals surface area contributed by atoms with Crippen molar-refractivity contribution in [1.82, 2.24) is 25.1 Å². The minimum Gasteiger partial charge on any atom is -0.444 e. The first-order chi connectivity index (χ1) is 13.4. The first-order valence-corrected chi connectivity index (χ1v) is 9.96. The molecular weight excluding hydrogens is 354 g/mol. The molecule has 0 unspecified atom stereocenters. The Bertz CT molecular complexity index is 759. The molecule has 0 atom stereocenters. The van der Waals surface area contributed by atoms with Gasteiger partial charge in [-0.1, -0.05) is 6.07 Å². The van der Waals surface area contributed by atoms with E-state index in [-0.39, 0.29) is 6.03 Å². The molecule has 0 aliphatic carbocycles. The number of aryl methyl sites for hydroxylation is 3. The van der Waals surface area contributed by atoms with Gasteiger partial charge in [0.15, 0.2) is 0 Å². The highest BCUT2D eigenvalue weighted by atomic mass is 16.4. The number of nitrogens with one attached hydrogen (secondary N) is 1. The molecule has 3 rings (SSSR count). The molecule has 1 aliphatic heterocycles. The van der Waals surface area contributed by atoms with Crippen LogP contribution in [0.4, 0.5) is 4.79 Å². The lowest BCUT2D eigenvalue weighted by Gasteiger charge is -2.31. The zero-order valence-electron chi connectivity index (χ0n) is 17.4. The maximum absolute atomic E-state index is 12.4. The third-order valence-electron chi connectivity index (χ3n) is 5.40. The SMILES string of the molecule is Cc1ccc(CN(C)C(=O)NCC2CCN(Cc3nc(C)c(C)o3)CC2)nc1. The van der Waals surface area contributed by atoms with Gasteiger partial charge in [0.25, 0.3) is 0 Å². The maximum Gasteiger partial charge on any atom is 0.317 e. The van der Waals surface area contributed by atoms with Gasteiger partial charge >= 0.3 is 6.03 Å². The average molecular weight is 386 g/mol. The van der Waals surface area contributed by atoms with Gasteiger partial charge in [-0.05, 0) is 64.3 Å². The van der Waals surface area contributed by atoms with E-state index in [0.717, 1.165) is 67.6 Å². The van der Waals surface area contributed by atoms with E-state index in [4.69, 9.17) is 4.42 Å². The number of oxazole rings is 1. The van der Waals surface area contributed by atoms with Crippen molar-refractivity contribution in [3.63, 3.8) is 0 Å². The predicted molar refractivity (Wildman–Crippen MR) is 108 cm³/mol. The van der Waals surface area contributed by atoms with Crippen LogP contribution in [0.15, 0.2) is 22.7 Å². The summed E-state index contributed by atoms with van der Waals surface area (Å²) in [6.45, 7) is 9.94. The van der Waals surface area contributed by atoms with Crippen molar-refractivity contribution in [2.45, 2.75) is 46.7 Å². The summed E-state index contributed by atoms with van der Waals surface area (Å²) in [6, 6.07) is 3.93. The minimum atomic E-state index is -0.0458. The van der Waals surface area contributed by atoms with Gasteiger partial charge in [-0.15, -0.1) is 0 Å². The molecule has 0 radical (unpaired) electrons. The van der Waals surface area contributed by atoms with Gasteiger partial charge in [0.05, 0.1) is 24.5 Å². The standard InChI is InChI=1S/C21H31N5O2/c1-15-5-6-19(22-11-15)13-25(4)21(27)23-12-18-7-9-26(10-8-18)14-20-24-16(2)17(3)28-20/h5-6,11,18H,7-10,12-14H2,1-4H3,(H,23,27). The highest BCUT2D eigenvalue weighted by molar-refractivity contribution is 5.73. The van der Waals surface area contributed by atoms with Crippen molar-refractivity contribution in [3.8, 4) is 0 Å². The van der Waals surface area contributed by atoms with Gasteiger partial charge in [-0.2, -0.15) is 0 Å². The fourth-order valence-electron chi connectivity index (χ4n) is 3.42. The molecule has 28 heavy (non-hydrogen) atoms. The molecule has 0 saturated carbocycles. The van der Waals surface area contributed by atoms with Gasteiger partial charge in [0, 0.05) is 19.8 Å². The fraction of sp³-hybridized carbons (Fsp3) is 0.571. The molecule has 0 bridgehead atoms. The second kappa shape index (κ2) is 9.19. The van der Waals surface area contributed by atoms with Crippen LogP contribution in [0, 0.1) is 26.7 Å². The van der Waals surface area contributed by atoms with Crippen LogP contribution in [0.25, 0.3) is 0 Å². The van der Waals surface area contributed by atoms with E-state index in [1.807, 2.05) is 39.1 Å². The van der Waals surface area contributed by atoms with Crippen molar-refractivity contribution < 1.29 is 9.21 Å². The quantitative estimate of drug-likeness (QED) is 0.827. The lowest BCUT2D eigenvalue weighted by atomic mass is 9.97. The first kappa shape index (κ1) is 20.3. The van der Waals surface area contributed by atoms with E-state index in [2.05, 4.69) is 20.2 Å². The second-order valence-electron chi connectivity index (χ2n) is 7.84. The number of pyridine rings is 1. The zero-order chi connectivity index (χ0) is 20.1. The van der Waals surface area contributed by atoms with E-state index in [1.165, 1.54) is 0 Å². The third-order valence-corrected chi connectivity index (χ3v) is 5.40. The van der Waals surface area contributed by atoms with E-state index in [9.17, 15) is 4.79 Å².